The molecule has 16 heavy (non-hydrogen) atoms. The number of aromatic nitrogens is 1. The maximum Gasteiger partial charge on any atom is 0.167 e. The number of hydrogen-bond donors (Lipinski definition) is 2. The first-order valence-electron chi connectivity index (χ1n) is 5.72. The van der Waals surface area contributed by atoms with Crippen LogP contribution in [0.4, 0.5) is 0 Å². The van der Waals surface area contributed by atoms with E-state index in [4.69, 9.17) is 12.2 Å². The van der Waals surface area contributed by atoms with Gasteiger partial charge in [0.15, 0.2) is 5.11 Å². The predicted molar refractivity (Wildman–Crippen MR) is 71.7 cm³/mol. The van der Waals surface area contributed by atoms with Crippen molar-refractivity contribution >= 4 is 28.7 Å². The Morgan fingerprint density at radius 2 is 2.31 bits per heavy atom. The Bertz CT molecular complexity index is 331. The molecule has 0 aliphatic heterocycles. The molecule has 0 amide bonds. The SMILES string of the molecule is CC(NC(=S)NC1CCCC1)c1nccs1. The number of nitrogens with zero attached hydrogens (tertiary/aromatic N) is 1. The molecule has 1 aromatic heterocycles. The van der Waals surface area contributed by atoms with Crippen LogP contribution in [0.15, 0.2) is 11.6 Å². The lowest BCUT2D eigenvalue weighted by atomic mass is 10.2. The summed E-state index contributed by atoms with van der Waals surface area (Å²) in [5.41, 5.74) is 0. The van der Waals surface area contributed by atoms with Gasteiger partial charge in [-0.3, -0.25) is 0 Å². The lowest BCUT2D eigenvalue weighted by molar-refractivity contribution is 0.605. The second-order valence-corrected chi connectivity index (χ2v) is 5.53. The average Bonchev–Trinajstić information content (AvgIpc) is 2.88. The van der Waals surface area contributed by atoms with Gasteiger partial charge < -0.3 is 10.6 Å². The molecule has 5 heteroatoms. The van der Waals surface area contributed by atoms with Gasteiger partial charge in [-0.05, 0) is 32.0 Å². The molecular formula is C11H17N3S2. The third-order valence-electron chi connectivity index (χ3n) is 2.86. The summed E-state index contributed by atoms with van der Waals surface area (Å²) in [5.74, 6) is 0. The molecule has 1 heterocycles. The number of nitrogens with one attached hydrogen (secondary N) is 2. The molecule has 0 radical (unpaired) electrons. The van der Waals surface area contributed by atoms with E-state index in [-0.39, 0.29) is 6.04 Å². The summed E-state index contributed by atoms with van der Waals surface area (Å²) in [4.78, 5) is 4.27. The summed E-state index contributed by atoms with van der Waals surface area (Å²) in [5, 5.41) is 10.5. The minimum Gasteiger partial charge on any atom is -0.360 e. The molecule has 2 rings (SSSR count). The van der Waals surface area contributed by atoms with Gasteiger partial charge in [-0.15, -0.1) is 11.3 Å². The highest BCUT2D eigenvalue weighted by Gasteiger charge is 2.16. The van der Waals surface area contributed by atoms with E-state index in [9.17, 15) is 0 Å². The third-order valence-corrected chi connectivity index (χ3v) is 4.05. The molecule has 0 aromatic carbocycles. The van der Waals surface area contributed by atoms with E-state index in [0.717, 1.165) is 10.1 Å². The maximum absolute atomic E-state index is 5.30. The second kappa shape index (κ2) is 5.59. The highest BCUT2D eigenvalue weighted by Crippen LogP contribution is 2.18. The van der Waals surface area contributed by atoms with Crippen LogP contribution in [0.1, 0.15) is 43.7 Å². The molecule has 2 N–H and O–H groups in total. The fourth-order valence-electron chi connectivity index (χ4n) is 2.00. The predicted octanol–water partition coefficient (Wildman–Crippen LogP) is 2.61. The van der Waals surface area contributed by atoms with Gasteiger partial charge in [0.25, 0.3) is 0 Å². The van der Waals surface area contributed by atoms with Gasteiger partial charge in [0.2, 0.25) is 0 Å². The zero-order chi connectivity index (χ0) is 11.4. The highest BCUT2D eigenvalue weighted by atomic mass is 32.1. The van der Waals surface area contributed by atoms with Crippen molar-refractivity contribution in [2.75, 3.05) is 0 Å². The van der Waals surface area contributed by atoms with Crippen molar-refractivity contribution in [2.24, 2.45) is 0 Å². The maximum atomic E-state index is 5.30. The number of thiocarbonyl (C=S) groups is 1. The normalized spacial score (nSPS) is 18.3. The zero-order valence-electron chi connectivity index (χ0n) is 9.40. The van der Waals surface area contributed by atoms with Crippen molar-refractivity contribution < 1.29 is 0 Å². The molecule has 1 atom stereocenters. The summed E-state index contributed by atoms with van der Waals surface area (Å²) in [6.07, 6.45) is 6.96. The first kappa shape index (κ1) is 11.8. The molecule has 0 spiro atoms. The fraction of sp³-hybridized carbons (Fsp3) is 0.636. The van der Waals surface area contributed by atoms with E-state index < -0.39 is 0 Å². The molecule has 3 nitrogen and oxygen atoms in total. The largest absolute Gasteiger partial charge is 0.360 e. The molecule has 1 aromatic rings. The summed E-state index contributed by atoms with van der Waals surface area (Å²) in [6, 6.07) is 0.768. The van der Waals surface area contributed by atoms with Gasteiger partial charge in [-0.25, -0.2) is 4.98 Å². The van der Waals surface area contributed by atoms with Crippen LogP contribution >= 0.6 is 23.6 Å². The van der Waals surface area contributed by atoms with Gasteiger partial charge in [-0.1, -0.05) is 12.8 Å². The smallest absolute Gasteiger partial charge is 0.167 e. The minimum absolute atomic E-state index is 0.196. The first-order valence-corrected chi connectivity index (χ1v) is 7.01. The molecular weight excluding hydrogens is 238 g/mol. The van der Waals surface area contributed by atoms with Crippen LogP contribution in [0.3, 0.4) is 0 Å². The van der Waals surface area contributed by atoms with Crippen molar-refractivity contribution in [1.29, 1.82) is 0 Å². The van der Waals surface area contributed by atoms with Crippen LogP contribution < -0.4 is 10.6 Å². The molecule has 0 saturated heterocycles. The van der Waals surface area contributed by atoms with E-state index in [0.29, 0.717) is 6.04 Å². The molecule has 88 valence electrons. The summed E-state index contributed by atoms with van der Waals surface area (Å²) in [7, 11) is 0. The van der Waals surface area contributed by atoms with Gasteiger partial charge in [0.1, 0.15) is 5.01 Å². The standard InChI is InChI=1S/C11H17N3S2/c1-8(10-12-6-7-16-10)13-11(15)14-9-4-2-3-5-9/h6-9H,2-5H2,1H3,(H2,13,14,15). The molecule has 1 aliphatic carbocycles. The van der Waals surface area contributed by atoms with Gasteiger partial charge >= 0.3 is 0 Å². The Morgan fingerprint density at radius 1 is 1.56 bits per heavy atom. The second-order valence-electron chi connectivity index (χ2n) is 4.19. The van der Waals surface area contributed by atoms with Crippen molar-refractivity contribution in [2.45, 2.75) is 44.7 Å². The Labute approximate surface area is 106 Å². The van der Waals surface area contributed by atoms with E-state index >= 15 is 0 Å². The third kappa shape index (κ3) is 3.15. The van der Waals surface area contributed by atoms with E-state index in [1.807, 2.05) is 11.6 Å². The molecule has 1 fully saturated rings. The lowest BCUT2D eigenvalue weighted by Gasteiger charge is -2.18. The quantitative estimate of drug-likeness (QED) is 0.814. The van der Waals surface area contributed by atoms with Crippen molar-refractivity contribution in [3.05, 3.63) is 16.6 Å². The van der Waals surface area contributed by atoms with Crippen molar-refractivity contribution in [3.8, 4) is 0 Å². The Kier molecular flexibility index (Phi) is 4.12. The fourth-order valence-corrected chi connectivity index (χ4v) is 2.99. The average molecular weight is 255 g/mol. The number of thiazole rings is 1. The van der Waals surface area contributed by atoms with Crippen molar-refractivity contribution in [3.63, 3.8) is 0 Å². The monoisotopic (exact) mass is 255 g/mol. The molecule has 1 aliphatic rings. The van der Waals surface area contributed by atoms with Gasteiger partial charge in [0.05, 0.1) is 6.04 Å². The van der Waals surface area contributed by atoms with Crippen LogP contribution in [-0.4, -0.2) is 16.1 Å². The Morgan fingerprint density at radius 3 is 2.94 bits per heavy atom. The van der Waals surface area contributed by atoms with Crippen LogP contribution in [0.2, 0.25) is 0 Å². The van der Waals surface area contributed by atoms with Gasteiger partial charge in [0, 0.05) is 17.6 Å². The van der Waals surface area contributed by atoms with Crippen LogP contribution in [-0.2, 0) is 0 Å². The number of rotatable bonds is 3. The Hall–Kier alpha value is -0.680. The van der Waals surface area contributed by atoms with Crippen LogP contribution in [0.5, 0.6) is 0 Å². The summed E-state index contributed by atoms with van der Waals surface area (Å²) < 4.78 is 0. The molecule has 0 bridgehead atoms. The number of hydrogen-bond acceptors (Lipinski definition) is 3. The summed E-state index contributed by atoms with van der Waals surface area (Å²) in [6.45, 7) is 2.08. The first-order chi connectivity index (χ1) is 7.75. The van der Waals surface area contributed by atoms with Crippen LogP contribution in [0.25, 0.3) is 0 Å². The van der Waals surface area contributed by atoms with E-state index in [2.05, 4.69) is 22.5 Å². The Balaban J connectivity index is 1.78. The lowest BCUT2D eigenvalue weighted by Crippen LogP contribution is -2.41. The van der Waals surface area contributed by atoms with Crippen molar-refractivity contribution in [1.82, 2.24) is 15.6 Å². The van der Waals surface area contributed by atoms with E-state index in [1.165, 1.54) is 25.7 Å². The van der Waals surface area contributed by atoms with E-state index in [1.54, 1.807) is 11.3 Å². The van der Waals surface area contributed by atoms with Gasteiger partial charge in [-0.2, -0.15) is 0 Å². The summed E-state index contributed by atoms with van der Waals surface area (Å²) >= 11 is 6.95. The molecule has 1 unspecified atom stereocenters. The van der Waals surface area contributed by atoms with Crippen LogP contribution in [0, 0.1) is 0 Å². The highest BCUT2D eigenvalue weighted by molar-refractivity contribution is 7.80. The minimum atomic E-state index is 0.196. The zero-order valence-corrected chi connectivity index (χ0v) is 11.0. The molecule has 1 saturated carbocycles. The topological polar surface area (TPSA) is 37.0 Å².